The van der Waals surface area contributed by atoms with Crippen LogP contribution in [0.25, 0.3) is 0 Å². The van der Waals surface area contributed by atoms with Gasteiger partial charge in [0, 0.05) is 6.04 Å². The topological polar surface area (TPSA) is 75.6 Å². The molecule has 1 saturated heterocycles. The molecule has 1 saturated carbocycles. The average molecular weight is 269 g/mol. The summed E-state index contributed by atoms with van der Waals surface area (Å²) in [7, 11) is 0. The zero-order valence-corrected chi connectivity index (χ0v) is 11.6. The van der Waals surface area contributed by atoms with Crippen molar-refractivity contribution in [3.63, 3.8) is 0 Å². The van der Waals surface area contributed by atoms with Crippen molar-refractivity contribution < 1.29 is 19.4 Å². The third-order valence-electron chi connectivity index (χ3n) is 4.62. The molecule has 5 heteroatoms. The number of hydrogen-bond donors (Lipinski definition) is 2. The van der Waals surface area contributed by atoms with Gasteiger partial charge in [0.05, 0.1) is 0 Å². The maximum Gasteiger partial charge on any atom is 0.332 e. The normalized spacial score (nSPS) is 38.9. The Morgan fingerprint density at radius 1 is 1.11 bits per heavy atom. The molecular formula is C14H23NO4. The second-order valence-electron chi connectivity index (χ2n) is 5.91. The van der Waals surface area contributed by atoms with E-state index < -0.39 is 18.2 Å². The quantitative estimate of drug-likeness (QED) is 0.815. The number of rotatable bonds is 3. The van der Waals surface area contributed by atoms with E-state index in [2.05, 4.69) is 19.2 Å². The van der Waals surface area contributed by atoms with Gasteiger partial charge in [0.25, 0.3) is 0 Å². The first kappa shape index (κ1) is 14.3. The SMILES string of the molecule is CC1CCCC(NC(=O)[C@@H]2CC[C@H](C(=O)O)O2)C1C. The fourth-order valence-corrected chi connectivity index (χ4v) is 3.07. The van der Waals surface area contributed by atoms with Gasteiger partial charge in [-0.3, -0.25) is 4.79 Å². The molecule has 1 amide bonds. The van der Waals surface area contributed by atoms with Crippen LogP contribution in [-0.4, -0.2) is 35.2 Å². The van der Waals surface area contributed by atoms with Crippen LogP contribution >= 0.6 is 0 Å². The van der Waals surface area contributed by atoms with Crippen molar-refractivity contribution in [3.8, 4) is 0 Å². The third-order valence-corrected chi connectivity index (χ3v) is 4.62. The van der Waals surface area contributed by atoms with E-state index in [-0.39, 0.29) is 11.9 Å². The van der Waals surface area contributed by atoms with Gasteiger partial charge in [-0.1, -0.05) is 26.7 Å². The zero-order valence-electron chi connectivity index (χ0n) is 11.6. The van der Waals surface area contributed by atoms with E-state index in [1.54, 1.807) is 0 Å². The fraction of sp³-hybridized carbons (Fsp3) is 0.857. The van der Waals surface area contributed by atoms with E-state index >= 15 is 0 Å². The minimum Gasteiger partial charge on any atom is -0.479 e. The Balaban J connectivity index is 1.86. The van der Waals surface area contributed by atoms with E-state index in [4.69, 9.17) is 9.84 Å². The Kier molecular flexibility index (Phi) is 4.45. The van der Waals surface area contributed by atoms with Crippen molar-refractivity contribution in [2.45, 2.75) is 64.2 Å². The summed E-state index contributed by atoms with van der Waals surface area (Å²) >= 11 is 0. The monoisotopic (exact) mass is 269 g/mol. The molecule has 0 aromatic rings. The summed E-state index contributed by atoms with van der Waals surface area (Å²) < 4.78 is 5.28. The second kappa shape index (κ2) is 5.90. The molecule has 0 bridgehead atoms. The highest BCUT2D eigenvalue weighted by molar-refractivity contribution is 5.82. The van der Waals surface area contributed by atoms with Gasteiger partial charge >= 0.3 is 5.97 Å². The van der Waals surface area contributed by atoms with Gasteiger partial charge in [0.15, 0.2) is 6.10 Å². The van der Waals surface area contributed by atoms with Crippen LogP contribution in [0.3, 0.4) is 0 Å². The molecule has 108 valence electrons. The maximum absolute atomic E-state index is 12.1. The summed E-state index contributed by atoms with van der Waals surface area (Å²) in [6.07, 6.45) is 2.87. The van der Waals surface area contributed by atoms with Crippen molar-refractivity contribution in [1.29, 1.82) is 0 Å². The summed E-state index contributed by atoms with van der Waals surface area (Å²) in [5.41, 5.74) is 0. The van der Waals surface area contributed by atoms with Crippen molar-refractivity contribution in [2.75, 3.05) is 0 Å². The first-order chi connectivity index (χ1) is 8.99. The lowest BCUT2D eigenvalue weighted by molar-refractivity contribution is -0.152. The van der Waals surface area contributed by atoms with Crippen LogP contribution in [0.2, 0.25) is 0 Å². The summed E-state index contributed by atoms with van der Waals surface area (Å²) in [6.45, 7) is 4.39. The largest absolute Gasteiger partial charge is 0.479 e. The molecule has 0 radical (unpaired) electrons. The molecular weight excluding hydrogens is 246 g/mol. The minimum absolute atomic E-state index is 0.144. The molecule has 0 aromatic carbocycles. The lowest BCUT2D eigenvalue weighted by Crippen LogP contribution is -2.47. The predicted molar refractivity (Wildman–Crippen MR) is 69.6 cm³/mol. The summed E-state index contributed by atoms with van der Waals surface area (Å²) in [6, 6.07) is 0.198. The van der Waals surface area contributed by atoms with Gasteiger partial charge in [-0.25, -0.2) is 4.79 Å². The number of carbonyl (C=O) groups is 2. The molecule has 0 aromatic heterocycles. The van der Waals surface area contributed by atoms with Crippen LogP contribution in [0, 0.1) is 11.8 Å². The Labute approximate surface area is 113 Å². The van der Waals surface area contributed by atoms with E-state index in [0.29, 0.717) is 24.7 Å². The highest BCUT2D eigenvalue weighted by atomic mass is 16.5. The highest BCUT2D eigenvalue weighted by Gasteiger charge is 2.36. The Morgan fingerprint density at radius 2 is 1.79 bits per heavy atom. The smallest absolute Gasteiger partial charge is 0.332 e. The van der Waals surface area contributed by atoms with E-state index in [1.807, 2.05) is 0 Å². The number of carbonyl (C=O) groups excluding carboxylic acids is 1. The number of aliphatic carboxylic acids is 1. The van der Waals surface area contributed by atoms with Gasteiger partial charge in [0.2, 0.25) is 5.91 Å². The highest BCUT2D eigenvalue weighted by Crippen LogP contribution is 2.30. The molecule has 5 nitrogen and oxygen atoms in total. The van der Waals surface area contributed by atoms with Gasteiger partial charge < -0.3 is 15.2 Å². The van der Waals surface area contributed by atoms with Crippen molar-refractivity contribution in [3.05, 3.63) is 0 Å². The van der Waals surface area contributed by atoms with Crippen molar-refractivity contribution in [2.24, 2.45) is 11.8 Å². The lowest BCUT2D eigenvalue weighted by Gasteiger charge is -2.35. The first-order valence-electron chi connectivity index (χ1n) is 7.17. The van der Waals surface area contributed by atoms with Gasteiger partial charge in [0.1, 0.15) is 6.10 Å². The van der Waals surface area contributed by atoms with Crippen molar-refractivity contribution >= 4 is 11.9 Å². The van der Waals surface area contributed by atoms with Crippen LogP contribution in [-0.2, 0) is 14.3 Å². The molecule has 3 unspecified atom stereocenters. The molecule has 1 heterocycles. The number of carboxylic acid groups (broad SMARTS) is 1. The van der Waals surface area contributed by atoms with Gasteiger partial charge in [-0.15, -0.1) is 0 Å². The number of hydrogen-bond acceptors (Lipinski definition) is 3. The molecule has 2 rings (SSSR count). The predicted octanol–water partition coefficient (Wildman–Crippen LogP) is 1.56. The standard InChI is InChI=1S/C14H23NO4/c1-8-4-3-5-10(9(8)2)15-13(16)11-6-7-12(19-11)14(17)18/h8-12H,3-7H2,1-2H3,(H,15,16)(H,17,18)/t8?,9?,10?,11-,12+/m0/s1. The van der Waals surface area contributed by atoms with E-state index in [9.17, 15) is 9.59 Å². The van der Waals surface area contributed by atoms with Crippen LogP contribution in [0.1, 0.15) is 46.0 Å². The molecule has 2 aliphatic rings. The Morgan fingerprint density at radius 3 is 2.42 bits per heavy atom. The molecule has 19 heavy (non-hydrogen) atoms. The zero-order chi connectivity index (χ0) is 14.0. The summed E-state index contributed by atoms with van der Waals surface area (Å²) in [5.74, 6) is -0.0330. The average Bonchev–Trinajstić information content (AvgIpc) is 2.84. The van der Waals surface area contributed by atoms with E-state index in [0.717, 1.165) is 12.8 Å². The molecule has 1 aliphatic carbocycles. The lowest BCUT2D eigenvalue weighted by atomic mass is 9.78. The van der Waals surface area contributed by atoms with Crippen LogP contribution in [0.4, 0.5) is 0 Å². The third kappa shape index (κ3) is 3.26. The van der Waals surface area contributed by atoms with E-state index in [1.165, 1.54) is 6.42 Å². The number of amides is 1. The number of nitrogens with one attached hydrogen (secondary N) is 1. The Hall–Kier alpha value is -1.10. The maximum atomic E-state index is 12.1. The molecule has 0 spiro atoms. The van der Waals surface area contributed by atoms with Crippen LogP contribution in [0.5, 0.6) is 0 Å². The second-order valence-corrected chi connectivity index (χ2v) is 5.91. The molecule has 2 fully saturated rings. The van der Waals surface area contributed by atoms with Gasteiger partial charge in [-0.05, 0) is 31.1 Å². The minimum atomic E-state index is -0.977. The number of carboxylic acids is 1. The molecule has 1 aliphatic heterocycles. The first-order valence-corrected chi connectivity index (χ1v) is 7.17. The van der Waals surface area contributed by atoms with Crippen LogP contribution in [0.15, 0.2) is 0 Å². The molecule has 5 atom stereocenters. The molecule has 2 N–H and O–H groups in total. The van der Waals surface area contributed by atoms with Crippen LogP contribution < -0.4 is 5.32 Å². The number of ether oxygens (including phenoxy) is 1. The fourth-order valence-electron chi connectivity index (χ4n) is 3.07. The summed E-state index contributed by atoms with van der Waals surface area (Å²) in [4.78, 5) is 22.9. The summed E-state index contributed by atoms with van der Waals surface area (Å²) in [5, 5.41) is 11.9. The van der Waals surface area contributed by atoms with Crippen molar-refractivity contribution in [1.82, 2.24) is 5.32 Å². The Bertz CT molecular complexity index is 357. The van der Waals surface area contributed by atoms with Gasteiger partial charge in [-0.2, -0.15) is 0 Å².